The van der Waals surface area contributed by atoms with Crippen LogP contribution in [0.4, 0.5) is 15.9 Å². The van der Waals surface area contributed by atoms with Gasteiger partial charge in [0.15, 0.2) is 0 Å². The van der Waals surface area contributed by atoms with E-state index in [4.69, 9.17) is 0 Å². The lowest BCUT2D eigenvalue weighted by Gasteiger charge is -2.17. The summed E-state index contributed by atoms with van der Waals surface area (Å²) in [6.07, 6.45) is 4.07. The number of carbonyl (C=O) groups excluding carboxylic acids is 1. The molecule has 2 N–H and O–H groups in total. The van der Waals surface area contributed by atoms with Crippen LogP contribution >= 0.6 is 0 Å². The van der Waals surface area contributed by atoms with Gasteiger partial charge in [0, 0.05) is 37.3 Å². The van der Waals surface area contributed by atoms with E-state index < -0.39 is 5.82 Å². The average Bonchev–Trinajstić information content (AvgIpc) is 3.24. The van der Waals surface area contributed by atoms with Crippen molar-refractivity contribution in [1.29, 1.82) is 0 Å². The van der Waals surface area contributed by atoms with E-state index in [-0.39, 0.29) is 17.3 Å². The van der Waals surface area contributed by atoms with Crippen molar-refractivity contribution < 1.29 is 14.3 Å². The summed E-state index contributed by atoms with van der Waals surface area (Å²) in [5, 5.41) is 13.4. The van der Waals surface area contributed by atoms with Gasteiger partial charge in [0.1, 0.15) is 17.4 Å². The Balaban J connectivity index is 1.70. The zero-order valence-electron chi connectivity index (χ0n) is 16.2. The largest absolute Gasteiger partial charge is 0.507 e. The molecule has 0 saturated carbocycles. The normalized spacial score (nSPS) is 13.5. The third-order valence-electron chi connectivity index (χ3n) is 5.11. The van der Waals surface area contributed by atoms with Crippen LogP contribution in [0.3, 0.4) is 0 Å². The predicted molar refractivity (Wildman–Crippen MR) is 112 cm³/mol. The summed E-state index contributed by atoms with van der Waals surface area (Å²) in [5.41, 5.74) is 2.69. The van der Waals surface area contributed by atoms with Gasteiger partial charge in [0.05, 0.1) is 5.69 Å². The van der Waals surface area contributed by atoms with Gasteiger partial charge in [-0.1, -0.05) is 24.3 Å². The molecule has 0 bridgehead atoms. The summed E-state index contributed by atoms with van der Waals surface area (Å²) in [7, 11) is 0. The minimum atomic E-state index is -0.553. The summed E-state index contributed by atoms with van der Waals surface area (Å²) in [4.78, 5) is 17.9. The van der Waals surface area contributed by atoms with Crippen LogP contribution in [0.5, 0.6) is 5.75 Å². The number of phenolic OH excluding ortho intramolecular Hbond substituents is 1. The number of benzene rings is 2. The number of nitrogens with one attached hydrogen (secondary N) is 1. The molecule has 0 radical (unpaired) electrons. The number of nitrogens with zero attached hydrogens (tertiary/aromatic N) is 2. The maximum absolute atomic E-state index is 14.4. The van der Waals surface area contributed by atoms with E-state index in [1.807, 2.05) is 24.3 Å². The average molecular weight is 391 g/mol. The van der Waals surface area contributed by atoms with Gasteiger partial charge in [0.25, 0.3) is 0 Å². The van der Waals surface area contributed by atoms with Crippen LogP contribution in [-0.4, -0.2) is 29.1 Å². The zero-order valence-corrected chi connectivity index (χ0v) is 16.2. The lowest BCUT2D eigenvalue weighted by atomic mass is 9.97. The van der Waals surface area contributed by atoms with Crippen LogP contribution in [-0.2, 0) is 4.79 Å². The van der Waals surface area contributed by atoms with Crippen molar-refractivity contribution in [2.75, 3.05) is 23.3 Å². The number of rotatable bonds is 4. The summed E-state index contributed by atoms with van der Waals surface area (Å²) >= 11 is 0. The quantitative estimate of drug-likeness (QED) is 0.669. The van der Waals surface area contributed by atoms with E-state index in [2.05, 4.69) is 15.2 Å². The van der Waals surface area contributed by atoms with Crippen LogP contribution in [0, 0.1) is 5.82 Å². The molecule has 29 heavy (non-hydrogen) atoms. The Kier molecular flexibility index (Phi) is 5.16. The van der Waals surface area contributed by atoms with Crippen molar-refractivity contribution in [3.63, 3.8) is 0 Å². The first-order valence-corrected chi connectivity index (χ1v) is 9.64. The smallest absolute Gasteiger partial charge is 0.221 e. The number of amides is 1. The minimum absolute atomic E-state index is 0.0812. The topological polar surface area (TPSA) is 65.5 Å². The maximum atomic E-state index is 14.4. The third-order valence-corrected chi connectivity index (χ3v) is 5.11. The monoisotopic (exact) mass is 391 g/mol. The van der Waals surface area contributed by atoms with Gasteiger partial charge in [-0.15, -0.1) is 0 Å². The molecule has 0 spiro atoms. The minimum Gasteiger partial charge on any atom is -0.507 e. The molecule has 0 unspecified atom stereocenters. The molecule has 3 aromatic rings. The summed E-state index contributed by atoms with van der Waals surface area (Å²) in [5.74, 6) is 0.0870. The van der Waals surface area contributed by atoms with Crippen molar-refractivity contribution in [3.05, 3.63) is 60.5 Å². The number of pyridine rings is 1. The van der Waals surface area contributed by atoms with Crippen LogP contribution in [0.1, 0.15) is 19.8 Å². The molecule has 1 aliphatic heterocycles. The van der Waals surface area contributed by atoms with Gasteiger partial charge in [-0.2, -0.15) is 0 Å². The number of phenols is 1. The highest BCUT2D eigenvalue weighted by Crippen LogP contribution is 2.39. The molecule has 5 nitrogen and oxygen atoms in total. The summed E-state index contributed by atoms with van der Waals surface area (Å²) in [6, 6.07) is 13.7. The lowest BCUT2D eigenvalue weighted by molar-refractivity contribution is -0.114. The molecule has 1 saturated heterocycles. The Morgan fingerprint density at radius 1 is 1.07 bits per heavy atom. The van der Waals surface area contributed by atoms with Gasteiger partial charge in [-0.05, 0) is 48.2 Å². The number of halogens is 1. The van der Waals surface area contributed by atoms with Crippen LogP contribution in [0.25, 0.3) is 22.3 Å². The fourth-order valence-electron chi connectivity index (χ4n) is 3.69. The Morgan fingerprint density at radius 3 is 2.41 bits per heavy atom. The second-order valence-corrected chi connectivity index (χ2v) is 7.17. The van der Waals surface area contributed by atoms with Crippen LogP contribution in [0.15, 0.2) is 54.7 Å². The Hall–Kier alpha value is -3.41. The van der Waals surface area contributed by atoms with Gasteiger partial charge >= 0.3 is 0 Å². The standard InChI is InChI=1S/C23H22FN3O2/c1-15(28)26-21-8-7-16(13-20(21)24)18-5-4-6-19(23(18)29)17-9-10-25-22(14-17)27-11-2-3-12-27/h4-10,13-14,29H,2-3,11-12H2,1H3,(H,26,28). The molecule has 148 valence electrons. The molecule has 0 aliphatic carbocycles. The van der Waals surface area contributed by atoms with Crippen molar-refractivity contribution in [2.24, 2.45) is 0 Å². The molecule has 4 rings (SSSR count). The van der Waals surface area contributed by atoms with E-state index in [9.17, 15) is 14.3 Å². The molecular weight excluding hydrogens is 369 g/mol. The number of para-hydroxylation sites is 1. The van der Waals surface area contributed by atoms with Crippen LogP contribution < -0.4 is 10.2 Å². The molecule has 0 atom stereocenters. The second kappa shape index (κ2) is 7.91. The number of carbonyl (C=O) groups is 1. The van der Waals surface area contributed by atoms with E-state index >= 15 is 0 Å². The van der Waals surface area contributed by atoms with E-state index in [1.165, 1.54) is 19.1 Å². The Bertz CT molecular complexity index is 1060. The molecule has 1 fully saturated rings. The highest BCUT2D eigenvalue weighted by Gasteiger charge is 2.16. The molecule has 1 aliphatic rings. The fraction of sp³-hybridized carbons (Fsp3) is 0.217. The first-order valence-electron chi connectivity index (χ1n) is 9.64. The number of aromatic nitrogens is 1. The van der Waals surface area contributed by atoms with Gasteiger partial charge in [-0.25, -0.2) is 9.37 Å². The van der Waals surface area contributed by atoms with Crippen molar-refractivity contribution in [1.82, 2.24) is 4.98 Å². The van der Waals surface area contributed by atoms with Gasteiger partial charge in [-0.3, -0.25) is 4.79 Å². The number of hydrogen-bond acceptors (Lipinski definition) is 4. The summed E-state index contributed by atoms with van der Waals surface area (Å²) in [6.45, 7) is 3.30. The highest BCUT2D eigenvalue weighted by molar-refractivity contribution is 5.89. The SMILES string of the molecule is CC(=O)Nc1ccc(-c2cccc(-c3ccnc(N4CCCC4)c3)c2O)cc1F. The van der Waals surface area contributed by atoms with E-state index in [1.54, 1.807) is 18.3 Å². The molecule has 2 heterocycles. The Labute approximate surface area is 168 Å². The molecular formula is C23H22FN3O2. The molecule has 6 heteroatoms. The lowest BCUT2D eigenvalue weighted by Crippen LogP contribution is -2.18. The molecule has 1 aromatic heterocycles. The third kappa shape index (κ3) is 3.92. The summed E-state index contributed by atoms with van der Waals surface area (Å²) < 4.78 is 14.4. The number of hydrogen-bond donors (Lipinski definition) is 2. The van der Waals surface area contributed by atoms with Crippen molar-refractivity contribution in [3.8, 4) is 28.0 Å². The molecule has 2 aromatic carbocycles. The number of anilines is 2. The van der Waals surface area contributed by atoms with E-state index in [0.717, 1.165) is 37.3 Å². The molecule has 1 amide bonds. The van der Waals surface area contributed by atoms with E-state index in [0.29, 0.717) is 16.7 Å². The van der Waals surface area contributed by atoms with Gasteiger partial charge < -0.3 is 15.3 Å². The first kappa shape index (κ1) is 18.9. The first-order chi connectivity index (χ1) is 14.0. The van der Waals surface area contributed by atoms with Gasteiger partial charge in [0.2, 0.25) is 5.91 Å². The van der Waals surface area contributed by atoms with Crippen LogP contribution in [0.2, 0.25) is 0 Å². The Morgan fingerprint density at radius 2 is 1.76 bits per heavy atom. The number of aromatic hydroxyl groups is 1. The second-order valence-electron chi connectivity index (χ2n) is 7.17. The predicted octanol–water partition coefficient (Wildman–Crippen LogP) is 4.82. The van der Waals surface area contributed by atoms with Crippen molar-refractivity contribution in [2.45, 2.75) is 19.8 Å². The maximum Gasteiger partial charge on any atom is 0.221 e. The zero-order chi connectivity index (χ0) is 20.4. The van der Waals surface area contributed by atoms with Crippen molar-refractivity contribution >= 4 is 17.4 Å². The highest BCUT2D eigenvalue weighted by atomic mass is 19.1. The fourth-order valence-corrected chi connectivity index (χ4v) is 3.69.